The fraction of sp³-hybridized carbons (Fsp3) is 0.850. The number of hydrogen-bond donors (Lipinski definition) is 0. The molecule has 0 aliphatic carbocycles. The van der Waals surface area contributed by atoms with Gasteiger partial charge in [-0.3, -0.25) is 0 Å². The van der Waals surface area contributed by atoms with Crippen molar-refractivity contribution in [1.82, 2.24) is 15.0 Å². The average Bonchev–Trinajstić information content (AvgIpc) is 3.06. The van der Waals surface area contributed by atoms with Gasteiger partial charge < -0.3 is 9.53 Å². The van der Waals surface area contributed by atoms with Crippen LogP contribution >= 0.6 is 0 Å². The molecule has 0 saturated heterocycles. The van der Waals surface area contributed by atoms with Crippen molar-refractivity contribution in [2.24, 2.45) is 0 Å². The molecule has 0 unspecified atom stereocenters. The summed E-state index contributed by atoms with van der Waals surface area (Å²) in [6.07, 6.45) is 5.07. The lowest BCUT2D eigenvalue weighted by Crippen LogP contribution is -2.32. The molecule has 1 heterocycles. The van der Waals surface area contributed by atoms with Gasteiger partial charge in [-0.05, 0) is 53.9 Å². The van der Waals surface area contributed by atoms with E-state index in [0.717, 1.165) is 25.0 Å². The molecule has 1 aromatic rings. The molecule has 0 aromatic carbocycles. The van der Waals surface area contributed by atoms with Crippen molar-refractivity contribution < 1.29 is 9.53 Å². The van der Waals surface area contributed by atoms with Crippen LogP contribution in [0.4, 0.5) is 0 Å². The summed E-state index contributed by atoms with van der Waals surface area (Å²) in [6.45, 7) is 20.7. The number of Topliss-reactive ketones (excluding diaryl/α,β-unsaturated/α-hetero) is 1. The van der Waals surface area contributed by atoms with Crippen molar-refractivity contribution in [3.8, 4) is 0 Å². The van der Waals surface area contributed by atoms with Gasteiger partial charge in [-0.25, -0.2) is 4.68 Å². The smallest absolute Gasteiger partial charge is 0.129 e. The third kappa shape index (κ3) is 11.1. The fourth-order valence-corrected chi connectivity index (χ4v) is 2.00. The Hall–Kier alpha value is -1.23. The molecule has 0 fully saturated rings. The van der Waals surface area contributed by atoms with Crippen LogP contribution in [0.3, 0.4) is 0 Å². The van der Waals surface area contributed by atoms with Crippen LogP contribution in [-0.2, 0) is 21.5 Å². The molecule has 0 bridgehead atoms. The minimum atomic E-state index is -0.265. The highest BCUT2D eigenvalue weighted by molar-refractivity contribution is 5.75. The number of carbonyl (C=O) groups is 1. The Morgan fingerprint density at radius 1 is 1.12 bits per heavy atom. The predicted octanol–water partition coefficient (Wildman–Crippen LogP) is 5.18. The van der Waals surface area contributed by atoms with Crippen molar-refractivity contribution in [2.75, 3.05) is 6.61 Å². The van der Waals surface area contributed by atoms with Gasteiger partial charge in [0, 0.05) is 19.2 Å². The normalized spacial score (nSPS) is 11.1. The van der Waals surface area contributed by atoms with Gasteiger partial charge in [0.15, 0.2) is 0 Å². The predicted molar refractivity (Wildman–Crippen MR) is 106 cm³/mol. The van der Waals surface area contributed by atoms with Crippen LogP contribution in [0, 0.1) is 0 Å². The molecule has 5 nitrogen and oxygen atoms in total. The summed E-state index contributed by atoms with van der Waals surface area (Å²) in [7, 11) is 0. The maximum absolute atomic E-state index is 11.1. The minimum Gasteiger partial charge on any atom is -0.375 e. The Morgan fingerprint density at radius 3 is 2.12 bits per heavy atom. The Morgan fingerprint density at radius 2 is 1.68 bits per heavy atom. The zero-order valence-electron chi connectivity index (χ0n) is 18.3. The summed E-state index contributed by atoms with van der Waals surface area (Å²) in [5, 5.41) is 8.34. The highest BCUT2D eigenvalue weighted by atomic mass is 16.5. The van der Waals surface area contributed by atoms with E-state index in [1.807, 2.05) is 52.4 Å². The van der Waals surface area contributed by atoms with E-state index in [1.54, 1.807) is 6.92 Å². The number of hydrogen-bond acceptors (Lipinski definition) is 4. The lowest BCUT2D eigenvalue weighted by atomic mass is 9.99. The van der Waals surface area contributed by atoms with Gasteiger partial charge in [-0.2, -0.15) is 0 Å². The maximum Gasteiger partial charge on any atom is 0.129 e. The van der Waals surface area contributed by atoms with E-state index in [0.29, 0.717) is 13.0 Å². The largest absolute Gasteiger partial charge is 0.375 e. The van der Waals surface area contributed by atoms with Crippen LogP contribution in [0.5, 0.6) is 0 Å². The molecule has 25 heavy (non-hydrogen) atoms. The molecular formula is C20H41N3O2. The van der Waals surface area contributed by atoms with E-state index in [9.17, 15) is 4.79 Å². The quantitative estimate of drug-likeness (QED) is 0.612. The number of rotatable bonds is 9. The van der Waals surface area contributed by atoms with E-state index in [1.165, 1.54) is 0 Å². The lowest BCUT2D eigenvalue weighted by molar-refractivity contribution is -0.119. The first kappa shape index (κ1) is 26.0. The summed E-state index contributed by atoms with van der Waals surface area (Å²) in [4.78, 5) is 11.1. The molecule has 0 N–H and O–H groups in total. The number of aromatic nitrogens is 3. The molecule has 0 radical (unpaired) electrons. The molecular weight excluding hydrogens is 314 g/mol. The highest BCUT2D eigenvalue weighted by Gasteiger charge is 2.24. The number of ether oxygens (including phenoxy) is 1. The monoisotopic (exact) mass is 355 g/mol. The van der Waals surface area contributed by atoms with Gasteiger partial charge in [0.2, 0.25) is 0 Å². The molecule has 0 aliphatic rings. The second kappa shape index (κ2) is 13.0. The summed E-state index contributed by atoms with van der Waals surface area (Å²) in [5.74, 6) is 0.210. The van der Waals surface area contributed by atoms with Gasteiger partial charge in [0.1, 0.15) is 5.78 Å². The van der Waals surface area contributed by atoms with Gasteiger partial charge in [0.25, 0.3) is 0 Å². The lowest BCUT2D eigenvalue weighted by Gasteiger charge is -2.29. The van der Waals surface area contributed by atoms with Crippen LogP contribution in [-0.4, -0.2) is 33.0 Å². The topological polar surface area (TPSA) is 57.0 Å². The highest BCUT2D eigenvalue weighted by Crippen LogP contribution is 2.22. The summed E-state index contributed by atoms with van der Waals surface area (Å²) in [5.41, 5.74) is 0.612. The molecule has 0 spiro atoms. The van der Waals surface area contributed by atoms with Crippen molar-refractivity contribution in [1.29, 1.82) is 0 Å². The minimum absolute atomic E-state index is 0.128. The van der Waals surface area contributed by atoms with E-state index < -0.39 is 0 Å². The summed E-state index contributed by atoms with van der Waals surface area (Å²) >= 11 is 0. The van der Waals surface area contributed by atoms with Gasteiger partial charge in [0.05, 0.1) is 16.8 Å². The zero-order valence-corrected chi connectivity index (χ0v) is 18.3. The molecule has 0 atom stereocenters. The van der Waals surface area contributed by atoms with Crippen LogP contribution in [0.25, 0.3) is 0 Å². The number of aryl methyl sites for hydroxylation is 1. The molecule has 0 amide bonds. The van der Waals surface area contributed by atoms with Crippen molar-refractivity contribution in [2.45, 2.75) is 106 Å². The Bertz CT molecular complexity index is 465. The SMILES string of the molecule is CC.CC.CCc1cn(C(C)(C)CCOC(C)(C)CCC(C)=O)nn1. The first-order chi connectivity index (χ1) is 11.7. The number of nitrogens with zero attached hydrogens (tertiary/aromatic N) is 3. The van der Waals surface area contributed by atoms with Crippen molar-refractivity contribution in [3.05, 3.63) is 11.9 Å². The Kier molecular flexibility index (Phi) is 13.6. The van der Waals surface area contributed by atoms with Crippen LogP contribution in [0.1, 0.15) is 94.2 Å². The first-order valence-electron chi connectivity index (χ1n) is 9.71. The van der Waals surface area contributed by atoms with Gasteiger partial charge in [-0.15, -0.1) is 5.10 Å². The Labute approximate surface area is 155 Å². The Balaban J connectivity index is 0. The van der Waals surface area contributed by atoms with Crippen molar-refractivity contribution >= 4 is 5.78 Å². The summed E-state index contributed by atoms with van der Waals surface area (Å²) < 4.78 is 7.87. The second-order valence-electron chi connectivity index (χ2n) is 6.88. The molecule has 0 saturated carbocycles. The molecule has 0 aliphatic heterocycles. The second-order valence-corrected chi connectivity index (χ2v) is 6.88. The average molecular weight is 356 g/mol. The molecule has 148 valence electrons. The number of ketones is 1. The third-order valence-electron chi connectivity index (χ3n) is 3.81. The number of carbonyl (C=O) groups excluding carboxylic acids is 1. The molecule has 5 heteroatoms. The summed E-state index contributed by atoms with van der Waals surface area (Å²) in [6, 6.07) is 0. The first-order valence-corrected chi connectivity index (χ1v) is 9.71. The van der Waals surface area contributed by atoms with E-state index >= 15 is 0 Å². The van der Waals surface area contributed by atoms with E-state index in [-0.39, 0.29) is 16.9 Å². The van der Waals surface area contributed by atoms with Crippen LogP contribution in [0.15, 0.2) is 6.20 Å². The van der Waals surface area contributed by atoms with E-state index in [2.05, 4.69) is 31.1 Å². The van der Waals surface area contributed by atoms with Crippen molar-refractivity contribution in [3.63, 3.8) is 0 Å². The van der Waals surface area contributed by atoms with Crippen LogP contribution in [0.2, 0.25) is 0 Å². The fourth-order valence-electron chi connectivity index (χ4n) is 2.00. The molecule has 1 aromatic heterocycles. The van der Waals surface area contributed by atoms with E-state index in [4.69, 9.17) is 4.74 Å². The van der Waals surface area contributed by atoms with Crippen LogP contribution < -0.4 is 0 Å². The zero-order chi connectivity index (χ0) is 20.1. The third-order valence-corrected chi connectivity index (χ3v) is 3.81. The maximum atomic E-state index is 11.1. The van der Waals surface area contributed by atoms with Gasteiger partial charge >= 0.3 is 0 Å². The standard InChI is InChI=1S/C16H29N3O2.2C2H6/c1-7-14-12-19(18-17-14)15(3,4)10-11-21-16(5,6)9-8-13(2)20;2*1-2/h12H,7-11H2,1-6H3;2*1-2H3. The molecule has 1 rings (SSSR count). The van der Waals surface area contributed by atoms with Gasteiger partial charge in [-0.1, -0.05) is 39.8 Å².